The minimum atomic E-state index is -0.423. The van der Waals surface area contributed by atoms with Gasteiger partial charge in [0.25, 0.3) is 5.56 Å². The van der Waals surface area contributed by atoms with Crippen LogP contribution in [0.4, 0.5) is 0 Å². The monoisotopic (exact) mass is 276 g/mol. The Morgan fingerprint density at radius 1 is 1.20 bits per heavy atom. The molecular formula is C15H20N2O3. The van der Waals surface area contributed by atoms with E-state index in [1.165, 1.54) is 0 Å². The SMILES string of the molecule is CCOC(Cn1c(=O)c(C)nc2ccccc21)OCC. The lowest BCUT2D eigenvalue weighted by Crippen LogP contribution is -2.32. The maximum Gasteiger partial charge on any atom is 0.272 e. The van der Waals surface area contributed by atoms with Gasteiger partial charge in [-0.3, -0.25) is 4.79 Å². The first-order valence-electron chi connectivity index (χ1n) is 6.86. The summed E-state index contributed by atoms with van der Waals surface area (Å²) in [4.78, 5) is 16.6. The van der Waals surface area contributed by atoms with Gasteiger partial charge in [-0.05, 0) is 32.9 Å². The zero-order chi connectivity index (χ0) is 14.5. The molecule has 0 fully saturated rings. The second-order valence-corrected chi connectivity index (χ2v) is 4.44. The smallest absolute Gasteiger partial charge is 0.272 e. The quantitative estimate of drug-likeness (QED) is 0.758. The van der Waals surface area contributed by atoms with Crippen LogP contribution in [-0.2, 0) is 16.0 Å². The van der Waals surface area contributed by atoms with Crippen LogP contribution in [0.2, 0.25) is 0 Å². The highest BCUT2D eigenvalue weighted by molar-refractivity contribution is 5.74. The Morgan fingerprint density at radius 2 is 1.85 bits per heavy atom. The lowest BCUT2D eigenvalue weighted by Gasteiger charge is -2.19. The molecule has 1 aromatic carbocycles. The molecule has 0 aliphatic carbocycles. The molecule has 108 valence electrons. The topological polar surface area (TPSA) is 53.4 Å². The van der Waals surface area contributed by atoms with Crippen LogP contribution in [0.25, 0.3) is 11.0 Å². The van der Waals surface area contributed by atoms with E-state index in [2.05, 4.69) is 4.98 Å². The molecule has 20 heavy (non-hydrogen) atoms. The van der Waals surface area contributed by atoms with Crippen molar-refractivity contribution in [2.75, 3.05) is 13.2 Å². The Kier molecular flexibility index (Phi) is 4.87. The summed E-state index contributed by atoms with van der Waals surface area (Å²) in [5.41, 5.74) is 1.98. The largest absolute Gasteiger partial charge is 0.351 e. The van der Waals surface area contributed by atoms with Gasteiger partial charge < -0.3 is 14.0 Å². The summed E-state index contributed by atoms with van der Waals surface area (Å²) in [7, 11) is 0. The van der Waals surface area contributed by atoms with Crippen molar-refractivity contribution in [3.05, 3.63) is 40.3 Å². The van der Waals surface area contributed by atoms with Gasteiger partial charge in [0.15, 0.2) is 6.29 Å². The van der Waals surface area contributed by atoms with Crippen molar-refractivity contribution in [2.45, 2.75) is 33.6 Å². The van der Waals surface area contributed by atoms with E-state index < -0.39 is 6.29 Å². The lowest BCUT2D eigenvalue weighted by molar-refractivity contribution is -0.143. The van der Waals surface area contributed by atoms with Gasteiger partial charge in [-0.15, -0.1) is 0 Å². The van der Waals surface area contributed by atoms with E-state index in [9.17, 15) is 4.79 Å². The van der Waals surface area contributed by atoms with Crippen LogP contribution in [0.3, 0.4) is 0 Å². The molecule has 0 N–H and O–H groups in total. The lowest BCUT2D eigenvalue weighted by atomic mass is 10.2. The Balaban J connectivity index is 2.46. The number of rotatable bonds is 6. The number of ether oxygens (including phenoxy) is 2. The fourth-order valence-corrected chi connectivity index (χ4v) is 2.18. The van der Waals surface area contributed by atoms with Gasteiger partial charge >= 0.3 is 0 Å². The van der Waals surface area contributed by atoms with Crippen molar-refractivity contribution in [2.24, 2.45) is 0 Å². The van der Waals surface area contributed by atoms with E-state index in [1.807, 2.05) is 38.1 Å². The first-order chi connectivity index (χ1) is 9.67. The first-order valence-corrected chi connectivity index (χ1v) is 6.86. The standard InChI is InChI=1S/C15H20N2O3/c1-4-19-14(20-5-2)10-17-13-9-7-6-8-12(13)16-11(3)15(17)18/h6-9,14H,4-5,10H2,1-3H3. The van der Waals surface area contributed by atoms with Crippen molar-refractivity contribution in [1.29, 1.82) is 0 Å². The number of aromatic nitrogens is 2. The molecule has 1 heterocycles. The van der Waals surface area contributed by atoms with Crippen molar-refractivity contribution in [1.82, 2.24) is 9.55 Å². The molecule has 2 aromatic rings. The summed E-state index contributed by atoms with van der Waals surface area (Å²) in [6, 6.07) is 7.59. The summed E-state index contributed by atoms with van der Waals surface area (Å²) in [6.07, 6.45) is -0.423. The fourth-order valence-electron chi connectivity index (χ4n) is 2.18. The molecule has 0 amide bonds. The van der Waals surface area contributed by atoms with Crippen LogP contribution in [-0.4, -0.2) is 29.1 Å². The van der Waals surface area contributed by atoms with Gasteiger partial charge in [0.2, 0.25) is 0 Å². The van der Waals surface area contributed by atoms with Crippen LogP contribution in [0.5, 0.6) is 0 Å². The molecular weight excluding hydrogens is 256 g/mol. The predicted molar refractivity (Wildman–Crippen MR) is 77.8 cm³/mol. The molecule has 0 radical (unpaired) electrons. The number of nitrogens with zero attached hydrogens (tertiary/aromatic N) is 2. The minimum Gasteiger partial charge on any atom is -0.351 e. The van der Waals surface area contributed by atoms with E-state index in [1.54, 1.807) is 11.5 Å². The Morgan fingerprint density at radius 3 is 2.50 bits per heavy atom. The molecule has 0 aliphatic rings. The van der Waals surface area contributed by atoms with Gasteiger partial charge in [0.1, 0.15) is 5.69 Å². The molecule has 2 rings (SSSR count). The third-order valence-electron chi connectivity index (χ3n) is 3.05. The third-order valence-corrected chi connectivity index (χ3v) is 3.05. The van der Waals surface area contributed by atoms with Crippen LogP contribution < -0.4 is 5.56 Å². The number of para-hydroxylation sites is 2. The summed E-state index contributed by atoms with van der Waals surface area (Å²) in [6.45, 7) is 6.99. The normalized spacial score (nSPS) is 11.4. The summed E-state index contributed by atoms with van der Waals surface area (Å²) in [5.74, 6) is 0. The molecule has 0 bridgehead atoms. The minimum absolute atomic E-state index is 0.104. The molecule has 0 unspecified atom stereocenters. The average molecular weight is 276 g/mol. The zero-order valence-electron chi connectivity index (χ0n) is 12.1. The number of fused-ring (bicyclic) bond motifs is 1. The van der Waals surface area contributed by atoms with Crippen LogP contribution in [0.15, 0.2) is 29.1 Å². The van der Waals surface area contributed by atoms with Crippen LogP contribution >= 0.6 is 0 Å². The van der Waals surface area contributed by atoms with Gasteiger partial charge in [-0.2, -0.15) is 0 Å². The van der Waals surface area contributed by atoms with Crippen molar-refractivity contribution in [3.63, 3.8) is 0 Å². The molecule has 0 spiro atoms. The van der Waals surface area contributed by atoms with Gasteiger partial charge in [-0.1, -0.05) is 12.1 Å². The molecule has 5 nitrogen and oxygen atoms in total. The molecule has 0 saturated heterocycles. The highest BCUT2D eigenvalue weighted by Crippen LogP contribution is 2.11. The number of benzene rings is 1. The van der Waals surface area contributed by atoms with E-state index in [4.69, 9.17) is 9.47 Å². The molecule has 0 atom stereocenters. The third kappa shape index (κ3) is 3.05. The van der Waals surface area contributed by atoms with Gasteiger partial charge in [-0.25, -0.2) is 4.98 Å². The number of hydrogen-bond donors (Lipinski definition) is 0. The molecule has 0 aliphatic heterocycles. The first kappa shape index (κ1) is 14.7. The van der Waals surface area contributed by atoms with Gasteiger partial charge in [0, 0.05) is 13.2 Å². The van der Waals surface area contributed by atoms with Crippen LogP contribution in [0, 0.1) is 6.92 Å². The highest BCUT2D eigenvalue weighted by atomic mass is 16.7. The van der Waals surface area contributed by atoms with Crippen molar-refractivity contribution in [3.8, 4) is 0 Å². The maximum atomic E-state index is 12.3. The molecule has 5 heteroatoms. The Labute approximate surface area is 118 Å². The van der Waals surface area contributed by atoms with E-state index in [0.717, 1.165) is 11.0 Å². The summed E-state index contributed by atoms with van der Waals surface area (Å²) in [5, 5.41) is 0. The van der Waals surface area contributed by atoms with Crippen molar-refractivity contribution >= 4 is 11.0 Å². The maximum absolute atomic E-state index is 12.3. The second-order valence-electron chi connectivity index (χ2n) is 4.44. The highest BCUT2D eigenvalue weighted by Gasteiger charge is 2.14. The average Bonchev–Trinajstić information content (AvgIpc) is 2.44. The summed E-state index contributed by atoms with van der Waals surface area (Å²) < 4.78 is 12.7. The van der Waals surface area contributed by atoms with Crippen LogP contribution in [0.1, 0.15) is 19.5 Å². The summed E-state index contributed by atoms with van der Waals surface area (Å²) >= 11 is 0. The Bertz CT molecular complexity index is 631. The van der Waals surface area contributed by atoms with E-state index in [-0.39, 0.29) is 5.56 Å². The van der Waals surface area contributed by atoms with Gasteiger partial charge in [0.05, 0.1) is 17.6 Å². The van der Waals surface area contributed by atoms with Crippen molar-refractivity contribution < 1.29 is 9.47 Å². The van der Waals surface area contributed by atoms with E-state index in [0.29, 0.717) is 25.5 Å². The molecule has 0 saturated carbocycles. The zero-order valence-corrected chi connectivity index (χ0v) is 12.1. The molecule has 1 aromatic heterocycles. The second kappa shape index (κ2) is 6.63. The van der Waals surface area contributed by atoms with E-state index >= 15 is 0 Å². The number of aryl methyl sites for hydroxylation is 1. The Hall–Kier alpha value is -1.72. The number of hydrogen-bond acceptors (Lipinski definition) is 4. The fraction of sp³-hybridized carbons (Fsp3) is 0.467. The predicted octanol–water partition coefficient (Wildman–Crippen LogP) is 2.10.